The molecule has 21 heavy (non-hydrogen) atoms. The summed E-state index contributed by atoms with van der Waals surface area (Å²) in [6, 6.07) is 8.52. The van der Waals surface area contributed by atoms with Crippen molar-refractivity contribution < 1.29 is 4.74 Å². The summed E-state index contributed by atoms with van der Waals surface area (Å²) < 4.78 is 8.98. The van der Waals surface area contributed by atoms with E-state index < -0.39 is 0 Å². The van der Waals surface area contributed by atoms with Crippen LogP contribution in [-0.2, 0) is 13.2 Å². The van der Waals surface area contributed by atoms with Gasteiger partial charge >= 0.3 is 0 Å². The third-order valence-corrected chi connectivity index (χ3v) is 4.47. The van der Waals surface area contributed by atoms with Gasteiger partial charge in [-0.25, -0.2) is 0 Å². The average molecular weight is 350 g/mol. The zero-order valence-electron chi connectivity index (χ0n) is 12.0. The minimum Gasteiger partial charge on any atom is -0.487 e. The highest BCUT2D eigenvalue weighted by Crippen LogP contribution is 2.29. The molecule has 1 aliphatic rings. The van der Waals surface area contributed by atoms with Crippen molar-refractivity contribution in [1.29, 1.82) is 0 Å². The second-order valence-electron chi connectivity index (χ2n) is 5.47. The summed E-state index contributed by atoms with van der Waals surface area (Å²) in [5, 5.41) is 4.63. The van der Waals surface area contributed by atoms with Gasteiger partial charge in [-0.05, 0) is 37.1 Å². The smallest absolute Gasteiger partial charge is 0.132 e. The Labute approximate surface area is 133 Å². The first-order valence-electron chi connectivity index (χ1n) is 7.41. The van der Waals surface area contributed by atoms with Crippen LogP contribution in [0.15, 0.2) is 34.9 Å². The van der Waals surface area contributed by atoms with Crippen molar-refractivity contribution in [2.24, 2.45) is 5.73 Å². The fraction of sp³-hybridized carbons (Fsp3) is 0.438. The molecule has 1 saturated carbocycles. The third-order valence-electron chi connectivity index (χ3n) is 3.98. The van der Waals surface area contributed by atoms with Gasteiger partial charge in [0.15, 0.2) is 0 Å². The van der Waals surface area contributed by atoms with E-state index in [2.05, 4.69) is 31.9 Å². The van der Waals surface area contributed by atoms with Gasteiger partial charge in [0.25, 0.3) is 0 Å². The van der Waals surface area contributed by atoms with Gasteiger partial charge in [-0.15, -0.1) is 0 Å². The Morgan fingerprint density at radius 2 is 2.10 bits per heavy atom. The summed E-state index contributed by atoms with van der Waals surface area (Å²) in [6.07, 6.45) is 7.18. The number of hydrogen-bond acceptors (Lipinski definition) is 3. The average Bonchev–Trinajstić information content (AvgIpc) is 3.16. The summed E-state index contributed by atoms with van der Waals surface area (Å²) in [5.41, 5.74) is 7.72. The number of rotatable bonds is 5. The number of benzene rings is 1. The molecule has 4 nitrogen and oxygen atoms in total. The normalized spacial score (nSPS) is 15.5. The topological polar surface area (TPSA) is 53.1 Å². The molecule has 1 aromatic carbocycles. The van der Waals surface area contributed by atoms with Gasteiger partial charge in [0.05, 0.1) is 11.7 Å². The minimum atomic E-state index is 0.464. The van der Waals surface area contributed by atoms with Crippen molar-refractivity contribution >= 4 is 15.9 Å². The Hall–Kier alpha value is -1.33. The van der Waals surface area contributed by atoms with Crippen molar-refractivity contribution in [2.75, 3.05) is 0 Å². The van der Waals surface area contributed by atoms with Crippen molar-refractivity contribution in [3.8, 4) is 5.75 Å². The summed E-state index contributed by atoms with van der Waals surface area (Å²) in [5.74, 6) is 0.830. The summed E-state index contributed by atoms with van der Waals surface area (Å²) in [6.45, 7) is 0.944. The molecule has 2 N–H and O–H groups in total. The van der Waals surface area contributed by atoms with Crippen LogP contribution in [0.1, 0.15) is 43.0 Å². The summed E-state index contributed by atoms with van der Waals surface area (Å²) >= 11 is 3.45. The highest BCUT2D eigenvalue weighted by atomic mass is 79.9. The first-order chi connectivity index (χ1) is 10.3. The molecule has 1 heterocycles. The molecule has 112 valence electrons. The quantitative estimate of drug-likeness (QED) is 0.892. The van der Waals surface area contributed by atoms with Crippen LogP contribution in [0.4, 0.5) is 0 Å². The van der Waals surface area contributed by atoms with Crippen molar-refractivity contribution in [2.45, 2.75) is 44.9 Å². The lowest BCUT2D eigenvalue weighted by molar-refractivity contribution is 0.295. The first kappa shape index (κ1) is 14.6. The number of aromatic nitrogens is 2. The number of halogens is 1. The molecule has 0 spiro atoms. The van der Waals surface area contributed by atoms with Gasteiger partial charge in [0, 0.05) is 22.8 Å². The third kappa shape index (κ3) is 3.47. The van der Waals surface area contributed by atoms with Crippen LogP contribution in [-0.4, -0.2) is 9.78 Å². The zero-order chi connectivity index (χ0) is 14.7. The number of nitrogens with zero attached hydrogens (tertiary/aromatic N) is 2. The predicted molar refractivity (Wildman–Crippen MR) is 86.1 cm³/mol. The van der Waals surface area contributed by atoms with Crippen LogP contribution in [0.25, 0.3) is 0 Å². The molecule has 1 aromatic heterocycles. The van der Waals surface area contributed by atoms with E-state index in [0.717, 1.165) is 21.5 Å². The lowest BCUT2D eigenvalue weighted by Gasteiger charge is -2.11. The molecule has 0 saturated heterocycles. The minimum absolute atomic E-state index is 0.464. The van der Waals surface area contributed by atoms with E-state index in [-0.39, 0.29) is 0 Å². The monoisotopic (exact) mass is 349 g/mol. The Bertz CT molecular complexity index is 605. The van der Waals surface area contributed by atoms with Crippen molar-refractivity contribution in [1.82, 2.24) is 9.78 Å². The molecule has 0 atom stereocenters. The second kappa shape index (κ2) is 6.62. The van der Waals surface area contributed by atoms with Gasteiger partial charge < -0.3 is 10.5 Å². The number of ether oxygens (including phenoxy) is 1. The van der Waals surface area contributed by atoms with E-state index >= 15 is 0 Å². The first-order valence-corrected chi connectivity index (χ1v) is 8.21. The Morgan fingerprint density at radius 3 is 2.86 bits per heavy atom. The van der Waals surface area contributed by atoms with Gasteiger partial charge in [-0.2, -0.15) is 5.10 Å². The predicted octanol–water partition coefficient (Wildman–Crippen LogP) is 3.80. The lowest BCUT2D eigenvalue weighted by atomic mass is 10.2. The van der Waals surface area contributed by atoms with Crippen LogP contribution in [0.3, 0.4) is 0 Å². The lowest BCUT2D eigenvalue weighted by Crippen LogP contribution is -2.07. The zero-order valence-corrected chi connectivity index (χ0v) is 13.6. The van der Waals surface area contributed by atoms with Crippen molar-refractivity contribution in [3.63, 3.8) is 0 Å². The molecule has 3 rings (SSSR count). The van der Waals surface area contributed by atoms with Crippen LogP contribution in [0, 0.1) is 0 Å². The van der Waals surface area contributed by atoms with E-state index in [1.807, 2.05) is 24.3 Å². The number of hydrogen-bond donors (Lipinski definition) is 1. The van der Waals surface area contributed by atoms with E-state index in [4.69, 9.17) is 10.5 Å². The molecule has 1 fully saturated rings. The highest BCUT2D eigenvalue weighted by Gasteiger charge is 2.17. The van der Waals surface area contributed by atoms with Gasteiger partial charge in [-0.1, -0.05) is 28.8 Å². The van der Waals surface area contributed by atoms with E-state index in [9.17, 15) is 0 Å². The van der Waals surface area contributed by atoms with Crippen LogP contribution >= 0.6 is 15.9 Å². The maximum absolute atomic E-state index is 5.87. The maximum Gasteiger partial charge on any atom is 0.132 e. The molecular weight excluding hydrogens is 330 g/mol. The number of nitrogens with two attached hydrogens (primary N) is 1. The Kier molecular flexibility index (Phi) is 4.60. The SMILES string of the molecule is NCc1cc(Br)ccc1OCc1ccn(C2CCCC2)n1. The molecule has 0 amide bonds. The molecule has 0 unspecified atom stereocenters. The van der Waals surface area contributed by atoms with Crippen LogP contribution in [0.2, 0.25) is 0 Å². The fourth-order valence-corrected chi connectivity index (χ4v) is 3.24. The Morgan fingerprint density at radius 1 is 1.29 bits per heavy atom. The molecule has 0 radical (unpaired) electrons. The van der Waals surface area contributed by atoms with Crippen LogP contribution < -0.4 is 10.5 Å². The highest BCUT2D eigenvalue weighted by molar-refractivity contribution is 9.10. The van der Waals surface area contributed by atoms with E-state index in [0.29, 0.717) is 19.2 Å². The molecule has 1 aliphatic carbocycles. The standard InChI is InChI=1S/C16H20BrN3O/c17-13-5-6-16(12(9-13)10-18)21-11-14-7-8-20(19-14)15-3-1-2-4-15/h5-9,15H,1-4,10-11,18H2. The fourth-order valence-electron chi connectivity index (χ4n) is 2.83. The molecular formula is C16H20BrN3O. The molecule has 0 bridgehead atoms. The van der Waals surface area contributed by atoms with Gasteiger partial charge in [-0.3, -0.25) is 4.68 Å². The molecule has 5 heteroatoms. The van der Waals surface area contributed by atoms with Gasteiger partial charge in [0.2, 0.25) is 0 Å². The largest absolute Gasteiger partial charge is 0.487 e. The molecule has 0 aliphatic heterocycles. The Balaban J connectivity index is 1.65. The van der Waals surface area contributed by atoms with Crippen LogP contribution in [0.5, 0.6) is 5.75 Å². The summed E-state index contributed by atoms with van der Waals surface area (Å²) in [4.78, 5) is 0. The molecule has 2 aromatic rings. The van der Waals surface area contributed by atoms with Crippen molar-refractivity contribution in [3.05, 3.63) is 46.2 Å². The van der Waals surface area contributed by atoms with E-state index in [1.54, 1.807) is 0 Å². The second-order valence-corrected chi connectivity index (χ2v) is 6.39. The van der Waals surface area contributed by atoms with E-state index in [1.165, 1.54) is 25.7 Å². The maximum atomic E-state index is 5.87. The summed E-state index contributed by atoms with van der Waals surface area (Å²) in [7, 11) is 0. The van der Waals surface area contributed by atoms with Gasteiger partial charge in [0.1, 0.15) is 12.4 Å².